The van der Waals surface area contributed by atoms with Crippen LogP contribution in [-0.4, -0.2) is 31.8 Å². The molecule has 0 amide bonds. The Morgan fingerprint density at radius 2 is 2.08 bits per heavy atom. The second-order valence-corrected chi connectivity index (χ2v) is 6.29. The summed E-state index contributed by atoms with van der Waals surface area (Å²) in [6.45, 7) is 1.86. The average Bonchev–Trinajstić information content (AvgIpc) is 3.27. The molecule has 0 N–H and O–H groups in total. The third kappa shape index (κ3) is 2.98. The maximum atomic E-state index is 12.6. The molecule has 0 fully saturated rings. The van der Waals surface area contributed by atoms with Crippen LogP contribution in [0.3, 0.4) is 0 Å². The second-order valence-electron chi connectivity index (χ2n) is 5.01. The van der Waals surface area contributed by atoms with Crippen LogP contribution in [0.25, 0.3) is 5.69 Å². The van der Waals surface area contributed by atoms with E-state index in [4.69, 9.17) is 0 Å². The van der Waals surface area contributed by atoms with Gasteiger partial charge >= 0.3 is 0 Å². The number of Topliss-reactive ketones (excluding diaryl/α,β-unsaturated/α-hetero) is 2. The van der Waals surface area contributed by atoms with E-state index in [1.165, 1.54) is 22.3 Å². The number of hydrogen-bond acceptors (Lipinski definition) is 7. The molecule has 0 radical (unpaired) electrons. The molecule has 2 heterocycles. The minimum Gasteiger partial charge on any atom is -0.292 e. The topological polar surface area (TPSA) is 102 Å². The van der Waals surface area contributed by atoms with Crippen LogP contribution in [0.15, 0.2) is 42.7 Å². The van der Waals surface area contributed by atoms with E-state index in [-0.39, 0.29) is 5.56 Å². The summed E-state index contributed by atoms with van der Waals surface area (Å²) in [5.74, 6) is -2.39. The Morgan fingerprint density at radius 3 is 2.71 bits per heavy atom. The number of carbonyl (C=O) groups is 2. The molecular formula is C16H11N5O2S. The Labute approximate surface area is 141 Å². The lowest BCUT2D eigenvalue weighted by Gasteiger charge is -2.07. The summed E-state index contributed by atoms with van der Waals surface area (Å²) < 4.78 is 1.39. The van der Waals surface area contributed by atoms with Crippen LogP contribution in [0.4, 0.5) is 0 Å². The zero-order valence-corrected chi connectivity index (χ0v) is 13.4. The quantitative estimate of drug-likeness (QED) is 0.522. The monoisotopic (exact) mass is 337 g/mol. The van der Waals surface area contributed by atoms with Crippen molar-refractivity contribution in [2.24, 2.45) is 5.92 Å². The molecule has 0 aliphatic rings. The molecule has 24 heavy (non-hydrogen) atoms. The van der Waals surface area contributed by atoms with Gasteiger partial charge in [0.05, 0.1) is 16.6 Å². The third-order valence-electron chi connectivity index (χ3n) is 3.38. The number of aryl methyl sites for hydroxylation is 1. The van der Waals surface area contributed by atoms with E-state index < -0.39 is 17.5 Å². The number of nitrogens with zero attached hydrogens (tertiary/aromatic N) is 5. The van der Waals surface area contributed by atoms with Gasteiger partial charge in [-0.2, -0.15) is 5.26 Å². The van der Waals surface area contributed by atoms with E-state index >= 15 is 0 Å². The molecule has 0 unspecified atom stereocenters. The van der Waals surface area contributed by atoms with Gasteiger partial charge in [-0.1, -0.05) is 12.1 Å². The van der Waals surface area contributed by atoms with Gasteiger partial charge in [-0.25, -0.2) is 4.68 Å². The fraction of sp³-hybridized carbons (Fsp3) is 0.125. The SMILES string of the molecule is Cc1ccc(C(=O)[C@H](C#N)C(=O)c2cccc(-n3cnnn3)c2)s1. The summed E-state index contributed by atoms with van der Waals surface area (Å²) in [7, 11) is 0. The molecule has 0 aliphatic carbocycles. The molecule has 0 aliphatic heterocycles. The fourth-order valence-corrected chi connectivity index (χ4v) is 3.03. The van der Waals surface area contributed by atoms with Crippen molar-refractivity contribution in [3.05, 3.63) is 58.0 Å². The summed E-state index contributed by atoms with van der Waals surface area (Å²) in [5.41, 5.74) is 0.832. The Kier molecular flexibility index (Phi) is 4.26. The normalized spacial score (nSPS) is 11.7. The second kappa shape index (κ2) is 6.52. The van der Waals surface area contributed by atoms with Gasteiger partial charge in [-0.05, 0) is 41.6 Å². The van der Waals surface area contributed by atoms with Crippen molar-refractivity contribution in [2.75, 3.05) is 0 Å². The zero-order valence-electron chi connectivity index (χ0n) is 12.6. The number of nitriles is 1. The highest BCUT2D eigenvalue weighted by Crippen LogP contribution is 2.22. The van der Waals surface area contributed by atoms with Crippen molar-refractivity contribution in [3.63, 3.8) is 0 Å². The first-order valence-electron chi connectivity index (χ1n) is 6.98. The van der Waals surface area contributed by atoms with E-state index in [9.17, 15) is 14.9 Å². The number of hydrogen-bond donors (Lipinski definition) is 0. The van der Waals surface area contributed by atoms with E-state index in [1.807, 2.05) is 13.0 Å². The predicted octanol–water partition coefficient (Wildman–Crippen LogP) is 2.24. The summed E-state index contributed by atoms with van der Waals surface area (Å²) >= 11 is 1.27. The first kappa shape index (κ1) is 15.7. The third-order valence-corrected chi connectivity index (χ3v) is 4.40. The molecule has 0 spiro atoms. The van der Waals surface area contributed by atoms with Crippen LogP contribution in [0.1, 0.15) is 24.9 Å². The molecular weight excluding hydrogens is 326 g/mol. The molecule has 2 aromatic heterocycles. The Morgan fingerprint density at radius 1 is 1.25 bits per heavy atom. The molecule has 0 saturated carbocycles. The number of thiophene rings is 1. The summed E-state index contributed by atoms with van der Waals surface area (Å²) in [4.78, 5) is 26.4. The minimum atomic E-state index is -1.37. The van der Waals surface area contributed by atoms with Crippen molar-refractivity contribution in [1.29, 1.82) is 5.26 Å². The highest BCUT2D eigenvalue weighted by atomic mass is 32.1. The lowest BCUT2D eigenvalue weighted by Crippen LogP contribution is -2.22. The molecule has 0 bridgehead atoms. The largest absolute Gasteiger partial charge is 0.292 e. The molecule has 1 aromatic carbocycles. The molecule has 1 atom stereocenters. The Hall–Kier alpha value is -3.18. The van der Waals surface area contributed by atoms with Crippen LogP contribution >= 0.6 is 11.3 Å². The number of aromatic nitrogens is 4. The highest BCUT2D eigenvalue weighted by molar-refractivity contribution is 7.14. The van der Waals surface area contributed by atoms with Crippen molar-refractivity contribution < 1.29 is 9.59 Å². The maximum Gasteiger partial charge on any atom is 0.197 e. The van der Waals surface area contributed by atoms with Crippen LogP contribution in [-0.2, 0) is 0 Å². The van der Waals surface area contributed by atoms with Gasteiger partial charge in [0.1, 0.15) is 6.33 Å². The summed E-state index contributed by atoms with van der Waals surface area (Å²) in [6.07, 6.45) is 1.39. The number of carbonyl (C=O) groups excluding carboxylic acids is 2. The molecule has 3 aromatic rings. The first-order chi connectivity index (χ1) is 11.6. The van der Waals surface area contributed by atoms with Gasteiger partial charge in [0.25, 0.3) is 0 Å². The van der Waals surface area contributed by atoms with Crippen molar-refractivity contribution in [1.82, 2.24) is 20.2 Å². The number of ketones is 2. The van der Waals surface area contributed by atoms with E-state index in [2.05, 4.69) is 15.5 Å². The fourth-order valence-electron chi connectivity index (χ4n) is 2.19. The standard InChI is InChI=1S/C16H11N5O2S/c1-10-5-6-14(24-10)16(23)13(8-17)15(22)11-3-2-4-12(7-11)21-9-18-19-20-21/h2-7,9,13H,1H3/t13-/m1/s1. The van der Waals surface area contributed by atoms with E-state index in [0.29, 0.717) is 10.6 Å². The van der Waals surface area contributed by atoms with Gasteiger partial charge in [-0.15, -0.1) is 16.4 Å². The lowest BCUT2D eigenvalue weighted by atomic mass is 9.94. The minimum absolute atomic E-state index is 0.260. The Bertz CT molecular complexity index is 940. The van der Waals surface area contributed by atoms with Crippen LogP contribution in [0.5, 0.6) is 0 Å². The molecule has 7 nitrogen and oxygen atoms in total. The van der Waals surface area contributed by atoms with Gasteiger partial charge < -0.3 is 0 Å². The van der Waals surface area contributed by atoms with Gasteiger partial charge in [0, 0.05) is 10.4 Å². The lowest BCUT2D eigenvalue weighted by molar-refractivity contribution is 0.0848. The van der Waals surface area contributed by atoms with Crippen LogP contribution < -0.4 is 0 Å². The molecule has 0 saturated heterocycles. The van der Waals surface area contributed by atoms with E-state index in [0.717, 1.165) is 4.88 Å². The number of rotatable bonds is 5. The smallest absolute Gasteiger partial charge is 0.197 e. The summed E-state index contributed by atoms with van der Waals surface area (Å²) in [5, 5.41) is 20.2. The van der Waals surface area contributed by atoms with Crippen molar-refractivity contribution in [2.45, 2.75) is 6.92 Å². The maximum absolute atomic E-state index is 12.6. The predicted molar refractivity (Wildman–Crippen MR) is 86.0 cm³/mol. The van der Waals surface area contributed by atoms with Crippen molar-refractivity contribution in [3.8, 4) is 11.8 Å². The summed E-state index contributed by atoms with van der Waals surface area (Å²) in [6, 6.07) is 11.7. The van der Waals surface area contributed by atoms with E-state index in [1.54, 1.807) is 36.4 Å². The Balaban J connectivity index is 1.91. The van der Waals surface area contributed by atoms with Gasteiger partial charge in [-0.3, -0.25) is 9.59 Å². The van der Waals surface area contributed by atoms with Crippen LogP contribution in [0.2, 0.25) is 0 Å². The number of benzene rings is 1. The zero-order chi connectivity index (χ0) is 17.1. The number of tetrazole rings is 1. The van der Waals surface area contributed by atoms with Crippen molar-refractivity contribution >= 4 is 22.9 Å². The highest BCUT2D eigenvalue weighted by Gasteiger charge is 2.29. The first-order valence-corrected chi connectivity index (χ1v) is 7.79. The van der Waals surface area contributed by atoms with Crippen LogP contribution in [0, 0.1) is 24.2 Å². The molecule has 8 heteroatoms. The molecule has 3 rings (SSSR count). The van der Waals surface area contributed by atoms with Gasteiger partial charge in [0.15, 0.2) is 17.5 Å². The van der Waals surface area contributed by atoms with Gasteiger partial charge in [0.2, 0.25) is 0 Å². The average molecular weight is 337 g/mol. The molecule has 118 valence electrons.